The third-order valence-electron chi connectivity index (χ3n) is 4.05. The predicted octanol–water partition coefficient (Wildman–Crippen LogP) is 4.69. The molecule has 0 atom stereocenters. The van der Waals surface area contributed by atoms with Crippen LogP contribution < -0.4 is 9.64 Å². The molecule has 1 N–H and O–H groups in total. The minimum absolute atomic E-state index is 0.168. The van der Waals surface area contributed by atoms with E-state index >= 15 is 0 Å². The number of nitrogens with zero attached hydrogens (tertiary/aromatic N) is 1. The Bertz CT molecular complexity index is 919. The van der Waals surface area contributed by atoms with Crippen molar-refractivity contribution in [2.45, 2.75) is 13.5 Å². The van der Waals surface area contributed by atoms with E-state index in [2.05, 4.69) is 0 Å². The van der Waals surface area contributed by atoms with Crippen molar-refractivity contribution in [3.8, 4) is 5.75 Å². The highest BCUT2D eigenvalue weighted by atomic mass is 32.1. The van der Waals surface area contributed by atoms with Crippen molar-refractivity contribution in [1.82, 2.24) is 0 Å². The fraction of sp³-hybridized carbons (Fsp3) is 0.143. The van der Waals surface area contributed by atoms with Gasteiger partial charge in [-0.25, -0.2) is 4.79 Å². The maximum Gasteiger partial charge on any atom is 0.335 e. The molecule has 0 unspecified atom stereocenters. The second-order valence-electron chi connectivity index (χ2n) is 5.79. The second kappa shape index (κ2) is 8.51. The molecule has 0 radical (unpaired) electrons. The van der Waals surface area contributed by atoms with Gasteiger partial charge in [-0.3, -0.25) is 4.79 Å². The third-order valence-corrected chi connectivity index (χ3v) is 4.93. The molecular weight excluding hydrogens is 362 g/mol. The van der Waals surface area contributed by atoms with Crippen LogP contribution in [0.25, 0.3) is 0 Å². The number of hydrogen-bond donors (Lipinski definition) is 1. The second-order valence-corrected chi connectivity index (χ2v) is 6.71. The summed E-state index contributed by atoms with van der Waals surface area (Å²) in [6.45, 7) is 2.72. The lowest BCUT2D eigenvalue weighted by molar-refractivity contribution is 0.0696. The number of carbonyl (C=O) groups is 2. The molecule has 138 valence electrons. The van der Waals surface area contributed by atoms with E-state index in [-0.39, 0.29) is 11.5 Å². The number of hydrogen-bond acceptors (Lipinski definition) is 4. The van der Waals surface area contributed by atoms with Crippen LogP contribution in [0.2, 0.25) is 0 Å². The number of rotatable bonds is 7. The average Bonchev–Trinajstić information content (AvgIpc) is 3.16. The van der Waals surface area contributed by atoms with Crippen molar-refractivity contribution in [2.75, 3.05) is 11.4 Å². The first-order chi connectivity index (χ1) is 13.1. The van der Waals surface area contributed by atoms with Crippen LogP contribution in [0.3, 0.4) is 0 Å². The third kappa shape index (κ3) is 4.35. The Morgan fingerprint density at radius 2 is 1.74 bits per heavy atom. The fourth-order valence-corrected chi connectivity index (χ4v) is 3.43. The van der Waals surface area contributed by atoms with Gasteiger partial charge in [-0.05, 0) is 48.2 Å². The summed E-state index contributed by atoms with van der Waals surface area (Å²) < 4.78 is 5.85. The molecule has 1 amide bonds. The molecule has 27 heavy (non-hydrogen) atoms. The number of aromatic carboxylic acids is 1. The molecule has 0 fully saturated rings. The van der Waals surface area contributed by atoms with Gasteiger partial charge in [0.2, 0.25) is 0 Å². The van der Waals surface area contributed by atoms with E-state index in [1.165, 1.54) is 23.5 Å². The van der Waals surface area contributed by atoms with Crippen LogP contribution in [0.5, 0.6) is 5.75 Å². The van der Waals surface area contributed by atoms with E-state index in [1.807, 2.05) is 42.6 Å². The molecular formula is C21H19NO4S. The van der Waals surface area contributed by atoms with Crippen LogP contribution in [-0.2, 0) is 6.61 Å². The number of amides is 1. The summed E-state index contributed by atoms with van der Waals surface area (Å²) in [7, 11) is 0. The number of carbonyl (C=O) groups excluding carboxylic acids is 1. The monoisotopic (exact) mass is 381 g/mol. The number of anilines is 1. The molecule has 1 heterocycles. The van der Waals surface area contributed by atoms with E-state index < -0.39 is 5.97 Å². The first-order valence-electron chi connectivity index (χ1n) is 8.49. The molecule has 6 heteroatoms. The van der Waals surface area contributed by atoms with Crippen LogP contribution in [-0.4, -0.2) is 23.5 Å². The molecule has 5 nitrogen and oxygen atoms in total. The number of ether oxygens (including phenoxy) is 1. The highest BCUT2D eigenvalue weighted by Crippen LogP contribution is 2.29. The Labute approximate surface area is 161 Å². The summed E-state index contributed by atoms with van der Waals surface area (Å²) in [6, 6.07) is 17.8. The van der Waals surface area contributed by atoms with Crippen LogP contribution in [0.1, 0.15) is 32.5 Å². The van der Waals surface area contributed by atoms with Gasteiger partial charge in [0.15, 0.2) is 0 Å². The molecule has 0 aliphatic rings. The SMILES string of the molecule is CCN(C(=O)c1sccc1OCc1ccccc1)c1ccc(C(=O)O)cc1. The van der Waals surface area contributed by atoms with Gasteiger partial charge < -0.3 is 14.7 Å². The Morgan fingerprint density at radius 1 is 1.04 bits per heavy atom. The van der Waals surface area contributed by atoms with Crippen molar-refractivity contribution in [1.29, 1.82) is 0 Å². The van der Waals surface area contributed by atoms with Gasteiger partial charge in [0.1, 0.15) is 17.2 Å². The van der Waals surface area contributed by atoms with Crippen LogP contribution in [0.15, 0.2) is 66.0 Å². The van der Waals surface area contributed by atoms with Crippen molar-refractivity contribution < 1.29 is 19.4 Å². The van der Waals surface area contributed by atoms with Crippen LogP contribution in [0, 0.1) is 0 Å². The first-order valence-corrected chi connectivity index (χ1v) is 9.37. The summed E-state index contributed by atoms with van der Waals surface area (Å²) in [6.07, 6.45) is 0. The van der Waals surface area contributed by atoms with Crippen LogP contribution >= 0.6 is 11.3 Å². The summed E-state index contributed by atoms with van der Waals surface area (Å²) in [5.74, 6) is -0.612. The number of carboxylic acid groups (broad SMARTS) is 1. The quantitative estimate of drug-likeness (QED) is 0.645. The predicted molar refractivity (Wildman–Crippen MR) is 106 cm³/mol. The largest absolute Gasteiger partial charge is 0.487 e. The summed E-state index contributed by atoms with van der Waals surface area (Å²) in [5.41, 5.74) is 1.86. The molecule has 0 aliphatic heterocycles. The average molecular weight is 381 g/mol. The molecule has 0 spiro atoms. The van der Waals surface area contributed by atoms with Gasteiger partial charge >= 0.3 is 5.97 Å². The highest BCUT2D eigenvalue weighted by molar-refractivity contribution is 7.12. The number of thiophene rings is 1. The van der Waals surface area contributed by atoms with E-state index in [0.29, 0.717) is 29.5 Å². The standard InChI is InChI=1S/C21H19NO4S/c1-2-22(17-10-8-16(9-11-17)21(24)25)20(23)19-18(12-13-27-19)26-14-15-6-4-3-5-7-15/h3-13H,2,14H2,1H3,(H,24,25). The van der Waals surface area contributed by atoms with E-state index in [0.717, 1.165) is 5.56 Å². The van der Waals surface area contributed by atoms with Crippen LogP contribution in [0.4, 0.5) is 5.69 Å². The lowest BCUT2D eigenvalue weighted by Gasteiger charge is -2.21. The molecule has 1 aromatic heterocycles. The Kier molecular flexibility index (Phi) is 5.88. The summed E-state index contributed by atoms with van der Waals surface area (Å²) in [4.78, 5) is 26.2. The van der Waals surface area contributed by atoms with E-state index in [9.17, 15) is 9.59 Å². The van der Waals surface area contributed by atoms with E-state index in [1.54, 1.807) is 23.1 Å². The zero-order valence-electron chi connectivity index (χ0n) is 14.8. The topological polar surface area (TPSA) is 66.8 Å². The number of benzene rings is 2. The van der Waals surface area contributed by atoms with Gasteiger partial charge in [-0.1, -0.05) is 30.3 Å². The van der Waals surface area contributed by atoms with Gasteiger partial charge in [0.25, 0.3) is 5.91 Å². The molecule has 0 saturated carbocycles. The molecule has 0 aliphatic carbocycles. The Hall–Kier alpha value is -3.12. The van der Waals surface area contributed by atoms with Gasteiger partial charge in [-0.2, -0.15) is 0 Å². The molecule has 0 bridgehead atoms. The van der Waals surface area contributed by atoms with Gasteiger partial charge in [0.05, 0.1) is 5.56 Å². The minimum atomic E-state index is -0.995. The minimum Gasteiger partial charge on any atom is -0.487 e. The normalized spacial score (nSPS) is 10.4. The highest BCUT2D eigenvalue weighted by Gasteiger charge is 2.22. The molecule has 3 aromatic rings. The van der Waals surface area contributed by atoms with Crippen molar-refractivity contribution in [2.24, 2.45) is 0 Å². The summed E-state index contributed by atoms with van der Waals surface area (Å²) in [5, 5.41) is 10.9. The van der Waals surface area contributed by atoms with Crippen molar-refractivity contribution in [3.05, 3.63) is 82.0 Å². The lowest BCUT2D eigenvalue weighted by atomic mass is 10.2. The number of carboxylic acids is 1. The van der Waals surface area contributed by atoms with Gasteiger partial charge in [0, 0.05) is 12.2 Å². The maximum atomic E-state index is 13.0. The fourth-order valence-electron chi connectivity index (χ4n) is 2.65. The van der Waals surface area contributed by atoms with Crippen molar-refractivity contribution in [3.63, 3.8) is 0 Å². The molecule has 0 saturated heterocycles. The Balaban J connectivity index is 1.78. The first kappa shape index (κ1) is 18.7. The maximum absolute atomic E-state index is 13.0. The molecule has 3 rings (SSSR count). The van der Waals surface area contributed by atoms with E-state index in [4.69, 9.17) is 9.84 Å². The lowest BCUT2D eigenvalue weighted by Crippen LogP contribution is -2.30. The zero-order valence-corrected chi connectivity index (χ0v) is 15.6. The molecule has 2 aromatic carbocycles. The van der Waals surface area contributed by atoms with Crippen molar-refractivity contribution >= 4 is 28.9 Å². The smallest absolute Gasteiger partial charge is 0.335 e. The Morgan fingerprint density at radius 3 is 2.37 bits per heavy atom. The summed E-state index contributed by atoms with van der Waals surface area (Å²) >= 11 is 1.33. The zero-order chi connectivity index (χ0) is 19.2. The van der Waals surface area contributed by atoms with Gasteiger partial charge in [-0.15, -0.1) is 11.3 Å².